The van der Waals surface area contributed by atoms with Crippen LogP contribution in [0.5, 0.6) is 23.0 Å². The first-order valence-corrected chi connectivity index (χ1v) is 13.0. The van der Waals surface area contributed by atoms with E-state index in [-0.39, 0.29) is 17.6 Å². The minimum Gasteiger partial charge on any atom is -0.507 e. The summed E-state index contributed by atoms with van der Waals surface area (Å²) < 4.78 is 18.9. The van der Waals surface area contributed by atoms with Gasteiger partial charge in [-0.15, -0.1) is 0 Å². The van der Waals surface area contributed by atoms with Crippen LogP contribution >= 0.6 is 0 Å². The Hall–Kier alpha value is -3.19. The smallest absolute Gasteiger partial charge is 0.231 e. The van der Waals surface area contributed by atoms with E-state index in [1.807, 2.05) is 30.7 Å². The van der Waals surface area contributed by atoms with Gasteiger partial charge in [0.25, 0.3) is 0 Å². The highest BCUT2D eigenvalue weighted by molar-refractivity contribution is 5.66. The molecular weight excluding hydrogens is 466 g/mol. The molecule has 7 heteroatoms. The van der Waals surface area contributed by atoms with Gasteiger partial charge in [0.2, 0.25) is 6.79 Å². The van der Waals surface area contributed by atoms with Gasteiger partial charge in [0.1, 0.15) is 18.1 Å². The molecule has 0 bridgehead atoms. The normalized spacial score (nSPS) is 13.4. The molecule has 2 aromatic carbocycles. The number of nitrogens with zero attached hydrogens (tertiary/aromatic N) is 3. The molecule has 0 fully saturated rings. The standard InChI is InChI=1S/C30H41N3O4/c1-29(2,3)23-15-21(16-24(28(23)34)30(4,5)6)25-18-31-19-33(25)12-8-11-32(7)13-14-35-22-9-10-26-27(17-22)37-20-36-26/h9-10,15-19,34H,8,11-14,20H2,1-7H3. The molecule has 0 radical (unpaired) electrons. The van der Waals surface area contributed by atoms with E-state index in [9.17, 15) is 5.11 Å². The number of aromatic nitrogens is 2. The number of phenols is 1. The fraction of sp³-hybridized carbons (Fsp3) is 0.500. The molecule has 37 heavy (non-hydrogen) atoms. The number of hydrogen-bond acceptors (Lipinski definition) is 6. The van der Waals surface area contributed by atoms with E-state index < -0.39 is 0 Å². The van der Waals surface area contributed by atoms with Crippen LogP contribution in [0.15, 0.2) is 42.9 Å². The Morgan fingerprint density at radius 3 is 2.32 bits per heavy atom. The quantitative estimate of drug-likeness (QED) is 0.384. The molecule has 1 aliphatic heterocycles. The maximum absolute atomic E-state index is 11.1. The summed E-state index contributed by atoms with van der Waals surface area (Å²) in [7, 11) is 2.11. The number of hydrogen-bond donors (Lipinski definition) is 1. The topological polar surface area (TPSA) is 69.0 Å². The molecule has 3 aromatic rings. The maximum Gasteiger partial charge on any atom is 0.231 e. The van der Waals surface area contributed by atoms with Crippen molar-refractivity contribution in [2.24, 2.45) is 0 Å². The summed E-state index contributed by atoms with van der Waals surface area (Å²) in [5.74, 6) is 2.69. The Morgan fingerprint density at radius 1 is 0.973 bits per heavy atom. The fourth-order valence-electron chi connectivity index (χ4n) is 4.57. The average molecular weight is 508 g/mol. The van der Waals surface area contributed by atoms with E-state index >= 15 is 0 Å². The van der Waals surface area contributed by atoms with E-state index in [2.05, 4.69) is 75.2 Å². The van der Waals surface area contributed by atoms with Gasteiger partial charge >= 0.3 is 0 Å². The number of benzene rings is 2. The summed E-state index contributed by atoms with van der Waals surface area (Å²) in [5.41, 5.74) is 3.75. The fourth-order valence-corrected chi connectivity index (χ4v) is 4.57. The molecule has 200 valence electrons. The maximum atomic E-state index is 11.1. The molecule has 0 atom stereocenters. The molecule has 1 aromatic heterocycles. The minimum absolute atomic E-state index is 0.170. The number of aryl methyl sites for hydroxylation is 1. The molecule has 7 nitrogen and oxygen atoms in total. The first kappa shape index (κ1) is 26.9. The van der Waals surface area contributed by atoms with Gasteiger partial charge < -0.3 is 28.8 Å². The number of ether oxygens (including phenoxy) is 3. The second-order valence-corrected chi connectivity index (χ2v) is 11.9. The molecular formula is C30H41N3O4. The van der Waals surface area contributed by atoms with E-state index in [1.165, 1.54) is 0 Å². The van der Waals surface area contributed by atoms with Gasteiger partial charge in [0.05, 0.1) is 18.2 Å². The zero-order valence-corrected chi connectivity index (χ0v) is 23.3. The van der Waals surface area contributed by atoms with Crippen molar-refractivity contribution >= 4 is 0 Å². The number of rotatable bonds is 9. The average Bonchev–Trinajstić information content (AvgIpc) is 3.47. The third-order valence-electron chi connectivity index (χ3n) is 6.76. The highest BCUT2D eigenvalue weighted by atomic mass is 16.7. The number of fused-ring (bicyclic) bond motifs is 1. The van der Waals surface area contributed by atoms with Gasteiger partial charge in [0, 0.05) is 35.8 Å². The summed E-state index contributed by atoms with van der Waals surface area (Å²) in [6, 6.07) is 9.92. The van der Waals surface area contributed by atoms with Crippen molar-refractivity contribution < 1.29 is 19.3 Å². The van der Waals surface area contributed by atoms with Gasteiger partial charge in [-0.25, -0.2) is 4.98 Å². The molecule has 0 saturated carbocycles. The van der Waals surface area contributed by atoms with Crippen LogP contribution in [0.3, 0.4) is 0 Å². The summed E-state index contributed by atoms with van der Waals surface area (Å²) >= 11 is 0. The molecule has 1 aliphatic rings. The number of imidazole rings is 1. The summed E-state index contributed by atoms with van der Waals surface area (Å²) in [6.07, 6.45) is 4.81. The van der Waals surface area contributed by atoms with E-state index in [4.69, 9.17) is 14.2 Å². The highest BCUT2D eigenvalue weighted by Crippen LogP contribution is 2.42. The molecule has 0 aliphatic carbocycles. The third-order valence-corrected chi connectivity index (χ3v) is 6.76. The predicted molar refractivity (Wildman–Crippen MR) is 147 cm³/mol. The summed E-state index contributed by atoms with van der Waals surface area (Å²) in [5, 5.41) is 11.1. The van der Waals surface area contributed by atoms with Crippen molar-refractivity contribution in [1.82, 2.24) is 14.5 Å². The Bertz CT molecular complexity index is 1190. The lowest BCUT2D eigenvalue weighted by Crippen LogP contribution is -2.26. The first-order chi connectivity index (χ1) is 17.4. The zero-order valence-electron chi connectivity index (χ0n) is 23.3. The summed E-state index contributed by atoms with van der Waals surface area (Å²) in [6.45, 7) is 16.3. The Morgan fingerprint density at radius 2 is 1.65 bits per heavy atom. The van der Waals surface area contributed by atoms with Crippen molar-refractivity contribution in [2.75, 3.05) is 33.5 Å². The second kappa shape index (κ2) is 10.7. The number of likely N-dealkylation sites (N-methyl/N-ethyl adjacent to an activating group) is 1. The molecule has 0 unspecified atom stereocenters. The van der Waals surface area contributed by atoms with Crippen LogP contribution < -0.4 is 14.2 Å². The second-order valence-electron chi connectivity index (χ2n) is 11.9. The minimum atomic E-state index is -0.170. The van der Waals surface area contributed by atoms with Crippen LogP contribution in [-0.2, 0) is 17.4 Å². The van der Waals surface area contributed by atoms with Crippen molar-refractivity contribution in [3.05, 3.63) is 54.0 Å². The molecule has 1 N–H and O–H groups in total. The monoisotopic (exact) mass is 507 g/mol. The van der Waals surface area contributed by atoms with Gasteiger partial charge in [-0.2, -0.15) is 0 Å². The van der Waals surface area contributed by atoms with Gasteiger partial charge in [0.15, 0.2) is 11.5 Å². The predicted octanol–water partition coefficient (Wildman–Crippen LogP) is 5.98. The molecule has 0 amide bonds. The lowest BCUT2D eigenvalue weighted by molar-refractivity contribution is 0.173. The van der Waals surface area contributed by atoms with E-state index in [0.717, 1.165) is 65.7 Å². The summed E-state index contributed by atoms with van der Waals surface area (Å²) in [4.78, 5) is 6.74. The lowest BCUT2D eigenvalue weighted by Gasteiger charge is -2.28. The molecule has 4 rings (SSSR count). The lowest BCUT2D eigenvalue weighted by atomic mass is 9.78. The Labute approximate surface area is 221 Å². The number of phenolic OH excluding ortho intramolecular Hbond substituents is 1. The SMILES string of the molecule is CN(CCCn1cncc1-c1cc(C(C)(C)C)c(O)c(C(C)(C)C)c1)CCOc1ccc2c(c1)OCO2. The van der Waals surface area contributed by atoms with Crippen LogP contribution in [0.2, 0.25) is 0 Å². The Balaban J connectivity index is 1.36. The largest absolute Gasteiger partial charge is 0.507 e. The van der Waals surface area contributed by atoms with Crippen molar-refractivity contribution in [3.63, 3.8) is 0 Å². The van der Waals surface area contributed by atoms with Gasteiger partial charge in [-0.1, -0.05) is 41.5 Å². The van der Waals surface area contributed by atoms with Crippen molar-refractivity contribution in [1.29, 1.82) is 0 Å². The highest BCUT2D eigenvalue weighted by Gasteiger charge is 2.27. The van der Waals surface area contributed by atoms with Crippen LogP contribution in [0.1, 0.15) is 59.1 Å². The molecule has 0 saturated heterocycles. The Kier molecular flexibility index (Phi) is 7.74. The molecule has 2 heterocycles. The van der Waals surface area contributed by atoms with Crippen molar-refractivity contribution in [2.45, 2.75) is 65.3 Å². The number of aromatic hydroxyl groups is 1. The van der Waals surface area contributed by atoms with Crippen LogP contribution in [-0.4, -0.2) is 53.1 Å². The van der Waals surface area contributed by atoms with Crippen LogP contribution in [0.4, 0.5) is 0 Å². The first-order valence-electron chi connectivity index (χ1n) is 13.0. The third kappa shape index (κ3) is 6.39. The van der Waals surface area contributed by atoms with Crippen LogP contribution in [0, 0.1) is 0 Å². The zero-order chi connectivity index (χ0) is 26.8. The molecule has 0 spiro atoms. The van der Waals surface area contributed by atoms with E-state index in [1.54, 1.807) is 0 Å². The van der Waals surface area contributed by atoms with E-state index in [0.29, 0.717) is 12.4 Å². The van der Waals surface area contributed by atoms with Crippen LogP contribution in [0.25, 0.3) is 11.3 Å². The van der Waals surface area contributed by atoms with Crippen molar-refractivity contribution in [3.8, 4) is 34.3 Å². The van der Waals surface area contributed by atoms with Gasteiger partial charge in [-0.05, 0) is 55.1 Å². The van der Waals surface area contributed by atoms with Gasteiger partial charge in [-0.3, -0.25) is 0 Å².